The third-order valence-electron chi connectivity index (χ3n) is 2.14. The van der Waals surface area contributed by atoms with Crippen molar-refractivity contribution >= 4 is 17.4 Å². The van der Waals surface area contributed by atoms with Gasteiger partial charge < -0.3 is 12.4 Å². The zero-order valence-corrected chi connectivity index (χ0v) is 10.4. The molecule has 2 rings (SSSR count). The van der Waals surface area contributed by atoms with Crippen molar-refractivity contribution in [3.05, 3.63) is 59.4 Å². The van der Waals surface area contributed by atoms with Crippen molar-refractivity contribution in [2.75, 3.05) is 0 Å². The van der Waals surface area contributed by atoms with Crippen LogP contribution in [0.4, 0.5) is 0 Å². The number of hydrogen-bond donors (Lipinski definition) is 0. The summed E-state index contributed by atoms with van der Waals surface area (Å²) >= 11 is 5.75. The molecule has 0 unspecified atom stereocenters. The summed E-state index contributed by atoms with van der Waals surface area (Å²) in [5.74, 6) is 0.0142. The molecule has 88 valence electrons. The molecule has 3 nitrogen and oxygen atoms in total. The molecule has 1 aromatic carbocycles. The monoisotopic (exact) mass is 268 g/mol. The van der Waals surface area contributed by atoms with Crippen molar-refractivity contribution in [2.45, 2.75) is 6.54 Å². The Morgan fingerprint density at radius 1 is 1.24 bits per heavy atom. The van der Waals surface area contributed by atoms with Gasteiger partial charge in [-0.3, -0.25) is 4.79 Å². The fourth-order valence-corrected chi connectivity index (χ4v) is 1.46. The van der Waals surface area contributed by atoms with Crippen molar-refractivity contribution in [1.82, 2.24) is 5.10 Å². The van der Waals surface area contributed by atoms with Gasteiger partial charge in [0.2, 0.25) is 12.3 Å². The molecule has 0 saturated carbocycles. The number of hydrogen-bond acceptors (Lipinski definition) is 2. The van der Waals surface area contributed by atoms with Crippen LogP contribution in [0, 0.1) is 0 Å². The lowest BCUT2D eigenvalue weighted by Gasteiger charge is -1.96. The van der Waals surface area contributed by atoms with Gasteiger partial charge in [0.25, 0.3) is 0 Å². The van der Waals surface area contributed by atoms with Crippen LogP contribution in [0.3, 0.4) is 0 Å². The largest absolute Gasteiger partial charge is 1.00 e. The topological polar surface area (TPSA) is 33.8 Å². The summed E-state index contributed by atoms with van der Waals surface area (Å²) in [5, 5.41) is 4.66. The second-order valence-electron chi connectivity index (χ2n) is 3.33. The molecule has 17 heavy (non-hydrogen) atoms. The number of carbonyl (C=O) groups is 1. The molecule has 0 amide bonds. The third kappa shape index (κ3) is 3.80. The van der Waals surface area contributed by atoms with Crippen molar-refractivity contribution in [2.24, 2.45) is 0 Å². The van der Waals surface area contributed by atoms with E-state index in [4.69, 9.17) is 11.6 Å². The predicted molar refractivity (Wildman–Crippen MR) is 60.2 cm³/mol. The van der Waals surface area contributed by atoms with E-state index in [-0.39, 0.29) is 24.7 Å². The molecule has 2 aromatic rings. The minimum atomic E-state index is 0. The SMILES string of the molecule is O=C(C[n+]1ccccn1)c1ccc(Cl)cc1.[Cl-]. The highest BCUT2D eigenvalue weighted by atomic mass is 35.5. The number of rotatable bonds is 3. The molecule has 0 saturated heterocycles. The molecule has 0 N–H and O–H groups in total. The van der Waals surface area contributed by atoms with Crippen LogP contribution in [-0.4, -0.2) is 10.9 Å². The van der Waals surface area contributed by atoms with Gasteiger partial charge in [-0.05, 0) is 35.4 Å². The van der Waals surface area contributed by atoms with Gasteiger partial charge in [0.1, 0.15) is 0 Å². The highest BCUT2D eigenvalue weighted by molar-refractivity contribution is 6.30. The Labute approximate surface area is 110 Å². The highest BCUT2D eigenvalue weighted by Crippen LogP contribution is 2.09. The molecule has 5 heteroatoms. The quantitative estimate of drug-likeness (QED) is 0.524. The Balaban J connectivity index is 0.00000144. The average Bonchev–Trinajstić information content (AvgIpc) is 2.31. The number of aromatic nitrogens is 2. The van der Waals surface area contributed by atoms with E-state index >= 15 is 0 Å². The molecule has 0 spiro atoms. The first-order valence-corrected chi connectivity index (χ1v) is 5.23. The maximum absolute atomic E-state index is 11.8. The fourth-order valence-electron chi connectivity index (χ4n) is 1.33. The number of ketones is 1. The number of benzene rings is 1. The zero-order chi connectivity index (χ0) is 11.4. The van der Waals surface area contributed by atoms with E-state index < -0.39 is 0 Å². The number of carbonyl (C=O) groups excluding carboxylic acids is 1. The van der Waals surface area contributed by atoms with Crippen LogP contribution in [0.25, 0.3) is 0 Å². The summed E-state index contributed by atoms with van der Waals surface area (Å²) < 4.78 is 1.59. The van der Waals surface area contributed by atoms with E-state index in [1.165, 1.54) is 0 Å². The molecule has 0 fully saturated rings. The fraction of sp³-hybridized carbons (Fsp3) is 0.0833. The molecular formula is C12H10Cl2N2O. The van der Waals surface area contributed by atoms with Crippen LogP contribution >= 0.6 is 11.6 Å². The van der Waals surface area contributed by atoms with E-state index in [1.807, 2.05) is 12.1 Å². The van der Waals surface area contributed by atoms with Gasteiger partial charge in [0.15, 0.2) is 6.20 Å². The van der Waals surface area contributed by atoms with E-state index in [0.717, 1.165) is 0 Å². The van der Waals surface area contributed by atoms with E-state index in [1.54, 1.807) is 41.3 Å². The first-order chi connectivity index (χ1) is 7.75. The standard InChI is InChI=1S/C12H10ClN2O.ClH/c13-11-5-3-10(4-6-11)12(16)9-15-8-2-1-7-14-15;/h1-8H,9H2;1H/q+1;/p-1. The third-order valence-corrected chi connectivity index (χ3v) is 2.39. The smallest absolute Gasteiger partial charge is 0.236 e. The Kier molecular flexibility index (Phi) is 5.07. The summed E-state index contributed by atoms with van der Waals surface area (Å²) in [6, 6.07) is 10.5. The number of halogens is 2. The summed E-state index contributed by atoms with van der Waals surface area (Å²) in [7, 11) is 0. The summed E-state index contributed by atoms with van der Waals surface area (Å²) in [6.07, 6.45) is 3.41. The van der Waals surface area contributed by atoms with Crippen molar-refractivity contribution in [3.8, 4) is 0 Å². The van der Waals surface area contributed by atoms with Crippen LogP contribution < -0.4 is 17.1 Å². The van der Waals surface area contributed by atoms with Gasteiger partial charge in [-0.25, -0.2) is 0 Å². The minimum absolute atomic E-state index is 0. The van der Waals surface area contributed by atoms with E-state index in [0.29, 0.717) is 10.6 Å². The zero-order valence-electron chi connectivity index (χ0n) is 8.88. The first-order valence-electron chi connectivity index (χ1n) is 4.85. The lowest BCUT2D eigenvalue weighted by atomic mass is 10.1. The Hall–Kier alpha value is -1.45. The first kappa shape index (κ1) is 13.6. The van der Waals surface area contributed by atoms with Crippen LogP contribution in [0.15, 0.2) is 48.8 Å². The Morgan fingerprint density at radius 2 is 1.94 bits per heavy atom. The second kappa shape index (κ2) is 6.33. The average molecular weight is 269 g/mol. The lowest BCUT2D eigenvalue weighted by molar-refractivity contribution is -0.741. The van der Waals surface area contributed by atoms with Gasteiger partial charge in [-0.1, -0.05) is 16.3 Å². The van der Waals surface area contributed by atoms with Gasteiger partial charge in [0, 0.05) is 16.7 Å². The van der Waals surface area contributed by atoms with E-state index in [9.17, 15) is 4.79 Å². The van der Waals surface area contributed by atoms with Gasteiger partial charge >= 0.3 is 0 Å². The summed E-state index contributed by atoms with van der Waals surface area (Å²) in [5.41, 5.74) is 0.641. The molecule has 0 aliphatic rings. The van der Waals surface area contributed by atoms with Gasteiger partial charge in [0.05, 0.1) is 6.20 Å². The van der Waals surface area contributed by atoms with Crippen molar-refractivity contribution in [1.29, 1.82) is 0 Å². The van der Waals surface area contributed by atoms with Crippen LogP contribution in [0.1, 0.15) is 10.4 Å². The Morgan fingerprint density at radius 3 is 2.53 bits per heavy atom. The van der Waals surface area contributed by atoms with Crippen LogP contribution in [0.5, 0.6) is 0 Å². The molecule has 0 bridgehead atoms. The van der Waals surface area contributed by atoms with E-state index in [2.05, 4.69) is 5.10 Å². The maximum Gasteiger partial charge on any atom is 0.236 e. The molecule has 1 heterocycles. The van der Waals surface area contributed by atoms with Crippen molar-refractivity contribution in [3.63, 3.8) is 0 Å². The molecule has 1 aromatic heterocycles. The predicted octanol–water partition coefficient (Wildman–Crippen LogP) is -1.09. The molecular weight excluding hydrogens is 259 g/mol. The second-order valence-corrected chi connectivity index (χ2v) is 3.76. The lowest BCUT2D eigenvalue weighted by Crippen LogP contribution is -3.00. The molecule has 0 radical (unpaired) electrons. The summed E-state index contributed by atoms with van der Waals surface area (Å²) in [6.45, 7) is 0.239. The summed E-state index contributed by atoms with van der Waals surface area (Å²) in [4.78, 5) is 11.8. The van der Waals surface area contributed by atoms with Crippen molar-refractivity contribution < 1.29 is 21.9 Å². The molecule has 0 aliphatic heterocycles. The van der Waals surface area contributed by atoms with Crippen LogP contribution in [0.2, 0.25) is 5.02 Å². The minimum Gasteiger partial charge on any atom is -1.00 e. The van der Waals surface area contributed by atoms with Gasteiger partial charge in [-0.2, -0.15) is 0 Å². The Bertz CT molecular complexity index is 486. The van der Waals surface area contributed by atoms with Crippen LogP contribution in [-0.2, 0) is 6.54 Å². The van der Waals surface area contributed by atoms with Gasteiger partial charge in [-0.15, -0.1) is 0 Å². The number of nitrogens with zero attached hydrogens (tertiary/aromatic N) is 2. The molecule has 0 atom stereocenters. The maximum atomic E-state index is 11.8. The number of Topliss-reactive ketones (excluding diaryl/α,β-unsaturated/α-hetero) is 1. The normalized spacial score (nSPS) is 9.47. The molecule has 0 aliphatic carbocycles. The highest BCUT2D eigenvalue weighted by Gasteiger charge is 2.12.